The van der Waals surface area contributed by atoms with Crippen LogP contribution in [0.2, 0.25) is 0 Å². The lowest BCUT2D eigenvalue weighted by molar-refractivity contribution is 0.673. The molecule has 1 aliphatic rings. The summed E-state index contributed by atoms with van der Waals surface area (Å²) >= 11 is 1.75. The Hall–Kier alpha value is -1.39. The first-order chi connectivity index (χ1) is 8.63. The van der Waals surface area contributed by atoms with Crippen molar-refractivity contribution in [3.05, 3.63) is 35.7 Å². The van der Waals surface area contributed by atoms with Gasteiger partial charge >= 0.3 is 0 Å². The highest BCUT2D eigenvalue weighted by atomic mass is 32.1. The quantitative estimate of drug-likeness (QED) is 0.767. The van der Waals surface area contributed by atoms with Crippen molar-refractivity contribution in [2.45, 2.75) is 31.7 Å². The van der Waals surface area contributed by atoms with Crippen LogP contribution in [0.5, 0.6) is 0 Å². The normalized spacial score (nSPS) is 17.7. The molecule has 1 aliphatic carbocycles. The summed E-state index contributed by atoms with van der Waals surface area (Å²) in [5, 5.41) is 0. The smallest absolute Gasteiger partial charge is 0.194 e. The number of rotatable bonds is 2. The second-order valence-electron chi connectivity index (χ2n) is 5.48. The van der Waals surface area contributed by atoms with Crippen LogP contribution < -0.4 is 5.73 Å². The summed E-state index contributed by atoms with van der Waals surface area (Å²) < 4.78 is 3.48. The van der Waals surface area contributed by atoms with Crippen LogP contribution in [0.1, 0.15) is 24.1 Å². The van der Waals surface area contributed by atoms with Gasteiger partial charge in [-0.3, -0.25) is 4.40 Å². The number of aromatic nitrogens is 2. The van der Waals surface area contributed by atoms with Crippen molar-refractivity contribution in [3.63, 3.8) is 0 Å². The van der Waals surface area contributed by atoms with E-state index in [1.54, 1.807) is 11.3 Å². The van der Waals surface area contributed by atoms with Gasteiger partial charge < -0.3 is 5.73 Å². The lowest BCUT2D eigenvalue weighted by Crippen LogP contribution is -2.24. The molecule has 2 N–H and O–H groups in total. The Labute approximate surface area is 109 Å². The predicted octanol–water partition coefficient (Wildman–Crippen LogP) is 2.89. The van der Waals surface area contributed by atoms with Crippen LogP contribution in [0.4, 0.5) is 0 Å². The van der Waals surface area contributed by atoms with Gasteiger partial charge in [-0.1, -0.05) is 17.4 Å². The molecule has 3 nitrogen and oxygen atoms in total. The minimum Gasteiger partial charge on any atom is -0.325 e. The summed E-state index contributed by atoms with van der Waals surface area (Å²) in [4.78, 5) is 5.60. The van der Waals surface area contributed by atoms with Gasteiger partial charge in [0.15, 0.2) is 4.96 Å². The molecule has 1 aromatic carbocycles. The summed E-state index contributed by atoms with van der Waals surface area (Å²) in [5.74, 6) is 0. The number of fused-ring (bicyclic) bond motifs is 3. The van der Waals surface area contributed by atoms with E-state index in [4.69, 9.17) is 5.73 Å². The fraction of sp³-hybridized carbons (Fsp3) is 0.357. The van der Waals surface area contributed by atoms with Gasteiger partial charge in [0.05, 0.1) is 15.9 Å². The van der Waals surface area contributed by atoms with Gasteiger partial charge in [0.25, 0.3) is 0 Å². The first-order valence-electron chi connectivity index (χ1n) is 6.29. The van der Waals surface area contributed by atoms with Gasteiger partial charge in [-0.2, -0.15) is 0 Å². The fourth-order valence-electron chi connectivity index (χ4n) is 2.51. The average molecular weight is 257 g/mol. The maximum absolute atomic E-state index is 6.18. The van der Waals surface area contributed by atoms with E-state index in [1.807, 2.05) is 6.92 Å². The Morgan fingerprint density at radius 3 is 3.06 bits per heavy atom. The molecule has 0 radical (unpaired) electrons. The Balaban J connectivity index is 1.84. The highest BCUT2D eigenvalue weighted by Crippen LogP contribution is 2.36. The molecule has 0 aliphatic heterocycles. The summed E-state index contributed by atoms with van der Waals surface area (Å²) in [7, 11) is 0. The van der Waals surface area contributed by atoms with Crippen molar-refractivity contribution in [1.29, 1.82) is 0 Å². The number of hydrogen-bond donors (Lipinski definition) is 1. The molecule has 18 heavy (non-hydrogen) atoms. The number of hydrogen-bond acceptors (Lipinski definition) is 3. The number of aryl methyl sites for hydroxylation is 1. The summed E-state index contributed by atoms with van der Waals surface area (Å²) in [5.41, 5.74) is 9.95. The molecule has 1 saturated carbocycles. The SMILES string of the molecule is Cc1cn2c(n1)sc1cc(CC3(N)CC3)ccc12. The Bertz CT molecular complexity index is 749. The second kappa shape index (κ2) is 3.33. The molecular formula is C14H15N3S. The lowest BCUT2D eigenvalue weighted by Gasteiger charge is -2.07. The largest absolute Gasteiger partial charge is 0.325 e. The Morgan fingerprint density at radius 2 is 2.28 bits per heavy atom. The first kappa shape index (κ1) is 10.5. The van der Waals surface area contributed by atoms with Crippen molar-refractivity contribution in [2.24, 2.45) is 5.73 Å². The van der Waals surface area contributed by atoms with Crippen molar-refractivity contribution in [3.8, 4) is 0 Å². The summed E-state index contributed by atoms with van der Waals surface area (Å²) in [6.07, 6.45) is 5.43. The van der Waals surface area contributed by atoms with E-state index in [1.165, 1.54) is 15.8 Å². The van der Waals surface area contributed by atoms with Crippen molar-refractivity contribution in [1.82, 2.24) is 9.38 Å². The van der Waals surface area contributed by atoms with E-state index in [9.17, 15) is 0 Å². The molecule has 0 bridgehead atoms. The first-order valence-corrected chi connectivity index (χ1v) is 7.11. The zero-order valence-electron chi connectivity index (χ0n) is 10.3. The Kier molecular flexibility index (Phi) is 1.95. The summed E-state index contributed by atoms with van der Waals surface area (Å²) in [6, 6.07) is 6.68. The molecule has 2 aromatic heterocycles. The number of imidazole rings is 1. The van der Waals surface area contributed by atoms with Gasteiger partial charge in [-0.25, -0.2) is 4.98 Å². The monoisotopic (exact) mass is 257 g/mol. The molecule has 0 unspecified atom stereocenters. The van der Waals surface area contributed by atoms with Gasteiger partial charge in [0, 0.05) is 11.7 Å². The third-order valence-corrected chi connectivity index (χ3v) is 4.74. The van der Waals surface area contributed by atoms with Crippen LogP contribution >= 0.6 is 11.3 Å². The highest BCUT2D eigenvalue weighted by Gasteiger charge is 2.37. The molecule has 92 valence electrons. The van der Waals surface area contributed by atoms with Crippen LogP contribution in [0, 0.1) is 6.92 Å². The maximum Gasteiger partial charge on any atom is 0.194 e. The molecule has 0 saturated heterocycles. The minimum absolute atomic E-state index is 0.0850. The zero-order chi connectivity index (χ0) is 12.3. The predicted molar refractivity (Wildman–Crippen MR) is 75.2 cm³/mol. The van der Waals surface area contributed by atoms with Crippen molar-refractivity contribution < 1.29 is 0 Å². The number of nitrogens with zero attached hydrogens (tertiary/aromatic N) is 2. The fourth-order valence-corrected chi connectivity index (χ4v) is 3.63. The zero-order valence-corrected chi connectivity index (χ0v) is 11.1. The van der Waals surface area contributed by atoms with E-state index in [-0.39, 0.29) is 5.54 Å². The standard InChI is InChI=1S/C14H15N3S/c1-9-8-17-11-3-2-10(7-14(15)4-5-14)6-12(11)18-13(17)16-9/h2-3,6,8H,4-5,7,15H2,1H3. The van der Waals surface area contributed by atoms with Gasteiger partial charge in [0.1, 0.15) is 0 Å². The van der Waals surface area contributed by atoms with Crippen LogP contribution in [0.15, 0.2) is 24.4 Å². The molecule has 0 atom stereocenters. The molecule has 4 rings (SSSR count). The van der Waals surface area contributed by atoms with E-state index >= 15 is 0 Å². The minimum atomic E-state index is 0.0850. The molecular weight excluding hydrogens is 242 g/mol. The number of thiazole rings is 1. The molecule has 0 amide bonds. The second-order valence-corrected chi connectivity index (χ2v) is 6.49. The number of benzene rings is 1. The topological polar surface area (TPSA) is 43.3 Å². The van der Waals surface area contributed by atoms with E-state index in [2.05, 4.69) is 33.8 Å². The third kappa shape index (κ3) is 1.56. The maximum atomic E-state index is 6.18. The van der Waals surface area contributed by atoms with Gasteiger partial charge in [0.2, 0.25) is 0 Å². The van der Waals surface area contributed by atoms with Gasteiger partial charge in [-0.05, 0) is 43.9 Å². The third-order valence-electron chi connectivity index (χ3n) is 3.73. The van der Waals surface area contributed by atoms with Crippen molar-refractivity contribution in [2.75, 3.05) is 0 Å². The highest BCUT2D eigenvalue weighted by molar-refractivity contribution is 7.23. The van der Waals surface area contributed by atoms with Crippen molar-refractivity contribution >= 4 is 26.5 Å². The van der Waals surface area contributed by atoms with Crippen LogP contribution in [0.3, 0.4) is 0 Å². The molecule has 0 spiro atoms. The van der Waals surface area contributed by atoms with Crippen LogP contribution in [-0.4, -0.2) is 14.9 Å². The van der Waals surface area contributed by atoms with E-state index in [0.29, 0.717) is 0 Å². The van der Waals surface area contributed by atoms with Gasteiger partial charge in [-0.15, -0.1) is 0 Å². The molecule has 3 aromatic rings. The van der Waals surface area contributed by atoms with Crippen LogP contribution in [-0.2, 0) is 6.42 Å². The molecule has 1 fully saturated rings. The average Bonchev–Trinajstić information content (AvgIpc) is 2.78. The summed E-state index contributed by atoms with van der Waals surface area (Å²) in [6.45, 7) is 2.03. The lowest BCUT2D eigenvalue weighted by atomic mass is 10.1. The van der Waals surface area contributed by atoms with E-state index in [0.717, 1.165) is 29.9 Å². The molecule has 2 heterocycles. The van der Waals surface area contributed by atoms with Crippen LogP contribution in [0.25, 0.3) is 15.2 Å². The Morgan fingerprint density at radius 1 is 1.44 bits per heavy atom. The number of nitrogens with two attached hydrogens (primary N) is 1. The van der Waals surface area contributed by atoms with E-state index < -0.39 is 0 Å². The molecule has 4 heteroatoms.